The SMILES string of the molecule is CCCCCCC(CCC)n1nc(C)c2c(=O)[nH]c(Cc3ccc(S(=O)(=O)N4CCN(C)CC4)cc3)nc21. The first-order chi connectivity index (χ1) is 18.2. The fraction of sp³-hybridized carbons (Fsp3) is 0.607. The molecule has 0 bridgehead atoms. The van der Waals surface area contributed by atoms with E-state index in [4.69, 9.17) is 10.1 Å². The minimum absolute atomic E-state index is 0.177. The molecule has 3 aromatic rings. The molecule has 9 nitrogen and oxygen atoms in total. The number of rotatable bonds is 12. The van der Waals surface area contributed by atoms with Crippen LogP contribution in [-0.2, 0) is 16.4 Å². The van der Waals surface area contributed by atoms with E-state index in [1.54, 1.807) is 16.4 Å². The molecule has 0 aliphatic carbocycles. The van der Waals surface area contributed by atoms with Gasteiger partial charge in [0.15, 0.2) is 5.65 Å². The minimum Gasteiger partial charge on any atom is -0.310 e. The summed E-state index contributed by atoms with van der Waals surface area (Å²) in [5.41, 5.74) is 2.06. The smallest absolute Gasteiger partial charge is 0.262 e. The topological polar surface area (TPSA) is 104 Å². The van der Waals surface area contributed by atoms with Gasteiger partial charge in [-0.05, 0) is 44.5 Å². The monoisotopic (exact) mass is 542 g/mol. The van der Waals surface area contributed by atoms with Crippen LogP contribution in [-0.4, -0.2) is 70.6 Å². The average Bonchev–Trinajstić information content (AvgIpc) is 3.23. The van der Waals surface area contributed by atoms with Crippen molar-refractivity contribution in [3.63, 3.8) is 0 Å². The lowest BCUT2D eigenvalue weighted by Gasteiger charge is -2.31. The fourth-order valence-electron chi connectivity index (χ4n) is 5.27. The third-order valence-corrected chi connectivity index (χ3v) is 9.45. The second-order valence-electron chi connectivity index (χ2n) is 10.6. The summed E-state index contributed by atoms with van der Waals surface area (Å²) in [6, 6.07) is 7.14. The Kier molecular flexibility index (Phi) is 9.38. The van der Waals surface area contributed by atoms with Crippen molar-refractivity contribution < 1.29 is 8.42 Å². The first-order valence-electron chi connectivity index (χ1n) is 14.0. The van der Waals surface area contributed by atoms with Gasteiger partial charge in [-0.3, -0.25) is 4.79 Å². The van der Waals surface area contributed by atoms with Crippen LogP contribution >= 0.6 is 0 Å². The highest BCUT2D eigenvalue weighted by Crippen LogP contribution is 2.26. The van der Waals surface area contributed by atoms with Gasteiger partial charge in [-0.2, -0.15) is 9.40 Å². The first-order valence-corrected chi connectivity index (χ1v) is 15.4. The van der Waals surface area contributed by atoms with Crippen molar-refractivity contribution in [2.75, 3.05) is 33.2 Å². The summed E-state index contributed by atoms with van der Waals surface area (Å²) in [5.74, 6) is 0.555. The van der Waals surface area contributed by atoms with Crippen LogP contribution in [0.25, 0.3) is 11.0 Å². The number of aromatic nitrogens is 4. The number of piperazine rings is 1. The first kappa shape index (κ1) is 28.4. The summed E-state index contributed by atoms with van der Waals surface area (Å²) in [5, 5.41) is 5.32. The summed E-state index contributed by atoms with van der Waals surface area (Å²) < 4.78 is 29.6. The third kappa shape index (κ3) is 6.35. The van der Waals surface area contributed by atoms with E-state index >= 15 is 0 Å². The second-order valence-corrected chi connectivity index (χ2v) is 12.5. The van der Waals surface area contributed by atoms with Gasteiger partial charge in [-0.25, -0.2) is 18.1 Å². The Morgan fingerprint density at radius 1 is 0.974 bits per heavy atom. The third-order valence-electron chi connectivity index (χ3n) is 7.54. The van der Waals surface area contributed by atoms with Crippen LogP contribution in [0.15, 0.2) is 34.0 Å². The molecular formula is C28H42N6O3S. The molecule has 1 aromatic carbocycles. The highest BCUT2D eigenvalue weighted by Gasteiger charge is 2.27. The summed E-state index contributed by atoms with van der Waals surface area (Å²) in [7, 11) is -1.52. The van der Waals surface area contributed by atoms with Gasteiger partial charge in [0.25, 0.3) is 5.56 Å². The number of nitrogens with zero attached hydrogens (tertiary/aromatic N) is 5. The molecule has 1 fully saturated rings. The van der Waals surface area contributed by atoms with Crippen LogP contribution in [0.2, 0.25) is 0 Å². The molecule has 208 valence electrons. The largest absolute Gasteiger partial charge is 0.310 e. The van der Waals surface area contributed by atoms with E-state index in [-0.39, 0.29) is 11.6 Å². The zero-order valence-electron chi connectivity index (χ0n) is 23.2. The normalized spacial score (nSPS) is 16.3. The van der Waals surface area contributed by atoms with Crippen LogP contribution < -0.4 is 5.56 Å². The molecule has 0 saturated carbocycles. The van der Waals surface area contributed by atoms with Gasteiger partial charge in [0.2, 0.25) is 10.0 Å². The van der Waals surface area contributed by atoms with Crippen LogP contribution in [0.1, 0.15) is 81.9 Å². The number of benzene rings is 1. The number of unbranched alkanes of at least 4 members (excludes halogenated alkanes) is 3. The number of H-pyrrole nitrogens is 1. The zero-order chi connectivity index (χ0) is 27.3. The van der Waals surface area contributed by atoms with Crippen molar-refractivity contribution in [3.05, 3.63) is 51.7 Å². The molecule has 4 rings (SSSR count). The predicted molar refractivity (Wildman–Crippen MR) is 151 cm³/mol. The molecule has 3 heterocycles. The number of nitrogens with one attached hydrogen (secondary N) is 1. The van der Waals surface area contributed by atoms with E-state index in [1.165, 1.54) is 19.3 Å². The van der Waals surface area contributed by atoms with Gasteiger partial charge in [-0.15, -0.1) is 0 Å². The Morgan fingerprint density at radius 3 is 2.34 bits per heavy atom. The van der Waals surface area contributed by atoms with Crippen molar-refractivity contribution in [2.24, 2.45) is 0 Å². The lowest BCUT2D eigenvalue weighted by molar-refractivity contribution is 0.222. The van der Waals surface area contributed by atoms with E-state index in [0.29, 0.717) is 47.0 Å². The van der Waals surface area contributed by atoms with E-state index in [0.717, 1.165) is 44.3 Å². The maximum atomic E-state index is 13.1. The molecule has 2 aromatic heterocycles. The molecule has 1 aliphatic heterocycles. The molecule has 1 unspecified atom stereocenters. The average molecular weight is 543 g/mol. The Balaban J connectivity index is 1.56. The van der Waals surface area contributed by atoms with Gasteiger partial charge in [-0.1, -0.05) is 58.1 Å². The van der Waals surface area contributed by atoms with Gasteiger partial charge in [0.05, 0.1) is 16.6 Å². The second kappa shape index (κ2) is 12.5. The highest BCUT2D eigenvalue weighted by molar-refractivity contribution is 7.89. The van der Waals surface area contributed by atoms with Gasteiger partial charge in [0.1, 0.15) is 11.2 Å². The molecule has 1 aliphatic rings. The lowest BCUT2D eigenvalue weighted by Crippen LogP contribution is -2.46. The Bertz CT molecular complexity index is 1370. The number of likely N-dealkylation sites (N-methyl/N-ethyl adjacent to an activating group) is 1. The minimum atomic E-state index is -3.52. The van der Waals surface area contributed by atoms with E-state index < -0.39 is 10.0 Å². The van der Waals surface area contributed by atoms with E-state index in [1.807, 2.05) is 30.8 Å². The summed E-state index contributed by atoms with van der Waals surface area (Å²) in [6.45, 7) is 8.71. The number of fused-ring (bicyclic) bond motifs is 1. The maximum absolute atomic E-state index is 13.1. The van der Waals surface area contributed by atoms with Crippen molar-refractivity contribution in [1.82, 2.24) is 29.0 Å². The number of hydrogen-bond donors (Lipinski definition) is 1. The van der Waals surface area contributed by atoms with Crippen LogP contribution in [0, 0.1) is 6.92 Å². The summed E-state index contributed by atoms with van der Waals surface area (Å²) >= 11 is 0. The molecule has 1 saturated heterocycles. The Hall–Kier alpha value is -2.56. The number of aryl methyl sites for hydroxylation is 1. The number of sulfonamides is 1. The van der Waals surface area contributed by atoms with E-state index in [2.05, 4.69) is 23.7 Å². The maximum Gasteiger partial charge on any atom is 0.262 e. The standard InChI is InChI=1S/C28H42N6O3S/c1-5-7-8-9-11-23(10-6-2)34-27-26(21(3)31-34)28(35)30-25(29-27)20-22-12-14-24(15-13-22)38(36,37)33-18-16-32(4)17-19-33/h12-15,23H,5-11,16-20H2,1-4H3,(H,29,30,35). The molecule has 0 amide bonds. The lowest BCUT2D eigenvalue weighted by atomic mass is 10.0. The quantitative estimate of drug-likeness (QED) is 0.343. The van der Waals surface area contributed by atoms with E-state index in [9.17, 15) is 13.2 Å². The van der Waals surface area contributed by atoms with Crippen LogP contribution in [0.3, 0.4) is 0 Å². The van der Waals surface area contributed by atoms with Crippen molar-refractivity contribution in [3.8, 4) is 0 Å². The molecule has 10 heteroatoms. The van der Waals surface area contributed by atoms with Gasteiger partial charge in [0, 0.05) is 32.6 Å². The van der Waals surface area contributed by atoms with Crippen molar-refractivity contribution in [1.29, 1.82) is 0 Å². The van der Waals surface area contributed by atoms with Crippen LogP contribution in [0.5, 0.6) is 0 Å². The Labute approximate surface area is 226 Å². The number of hydrogen-bond acceptors (Lipinski definition) is 6. The molecular weight excluding hydrogens is 500 g/mol. The fourth-order valence-corrected chi connectivity index (χ4v) is 6.70. The molecule has 1 atom stereocenters. The van der Waals surface area contributed by atoms with Gasteiger partial charge >= 0.3 is 0 Å². The summed E-state index contributed by atoms with van der Waals surface area (Å²) in [6.07, 6.45) is 8.23. The zero-order valence-corrected chi connectivity index (χ0v) is 24.1. The Morgan fingerprint density at radius 2 is 1.68 bits per heavy atom. The summed E-state index contributed by atoms with van der Waals surface area (Å²) in [4.78, 5) is 23.3. The van der Waals surface area contributed by atoms with Crippen molar-refractivity contribution >= 4 is 21.1 Å². The molecule has 0 radical (unpaired) electrons. The van der Waals surface area contributed by atoms with Gasteiger partial charge < -0.3 is 9.88 Å². The van der Waals surface area contributed by atoms with Crippen LogP contribution in [0.4, 0.5) is 0 Å². The molecule has 0 spiro atoms. The highest BCUT2D eigenvalue weighted by atomic mass is 32.2. The molecule has 38 heavy (non-hydrogen) atoms. The predicted octanol–water partition coefficient (Wildman–Crippen LogP) is 4.27. The van der Waals surface area contributed by atoms with Crippen molar-refractivity contribution in [2.45, 2.75) is 83.1 Å². The number of aromatic amines is 1. The molecule has 1 N–H and O–H groups in total.